The second-order valence-electron chi connectivity index (χ2n) is 10.8. The van der Waals surface area contributed by atoms with Crippen molar-refractivity contribution in [1.29, 1.82) is 0 Å². The van der Waals surface area contributed by atoms with Gasteiger partial charge in [-0.25, -0.2) is 8.42 Å². The highest BCUT2D eigenvalue weighted by Gasteiger charge is 2.40. The van der Waals surface area contributed by atoms with E-state index in [1.54, 1.807) is 0 Å². The van der Waals surface area contributed by atoms with Gasteiger partial charge in [-0.1, -0.05) is 6.42 Å². The number of hydrogen-bond donors (Lipinski definition) is 1. The Labute approximate surface area is 197 Å². The van der Waals surface area contributed by atoms with E-state index in [1.807, 2.05) is 9.80 Å². The summed E-state index contributed by atoms with van der Waals surface area (Å²) in [5.41, 5.74) is 0. The summed E-state index contributed by atoms with van der Waals surface area (Å²) in [7, 11) is -2.93. The molecule has 0 aromatic rings. The first kappa shape index (κ1) is 23.5. The molecule has 2 amide bonds. The molecular weight excluding hydrogens is 442 g/mol. The minimum atomic E-state index is -2.93. The molecule has 3 unspecified atom stereocenters. The van der Waals surface area contributed by atoms with E-state index in [0.717, 1.165) is 64.2 Å². The zero-order valence-corrected chi connectivity index (χ0v) is 20.4. The van der Waals surface area contributed by atoms with Gasteiger partial charge in [0.2, 0.25) is 5.91 Å². The first-order valence-corrected chi connectivity index (χ1v) is 14.8. The summed E-state index contributed by atoms with van der Waals surface area (Å²) in [6, 6.07) is 0.482. The van der Waals surface area contributed by atoms with Gasteiger partial charge in [0.15, 0.2) is 9.84 Å². The summed E-state index contributed by atoms with van der Waals surface area (Å²) in [4.78, 5) is 29.2. The predicted molar refractivity (Wildman–Crippen MR) is 124 cm³/mol. The number of hydrogen-bond acceptors (Lipinski definition) is 6. The van der Waals surface area contributed by atoms with Crippen LogP contribution in [0.15, 0.2) is 0 Å². The zero-order chi connectivity index (χ0) is 23.0. The molecule has 0 bridgehead atoms. The number of nitrogens with one attached hydrogen (secondary N) is 1. The summed E-state index contributed by atoms with van der Waals surface area (Å²) >= 11 is 0. The van der Waals surface area contributed by atoms with Gasteiger partial charge in [-0.2, -0.15) is 0 Å². The molecular formula is C24H39N3O5S. The van der Waals surface area contributed by atoms with Gasteiger partial charge in [-0.3, -0.25) is 9.59 Å². The average Bonchev–Trinajstić information content (AvgIpc) is 3.64. The topological polar surface area (TPSA) is 96.0 Å². The van der Waals surface area contributed by atoms with Crippen molar-refractivity contribution in [3.05, 3.63) is 0 Å². The van der Waals surface area contributed by atoms with Crippen LogP contribution in [-0.4, -0.2) is 92.0 Å². The normalized spacial score (nSPS) is 35.7. The number of carbonyl (C=O) groups excluding carboxylic acids is 2. The third-order valence-electron chi connectivity index (χ3n) is 8.55. The monoisotopic (exact) mass is 481 g/mol. The van der Waals surface area contributed by atoms with Crippen LogP contribution in [0.2, 0.25) is 0 Å². The predicted octanol–water partition coefficient (Wildman–Crippen LogP) is 1.34. The lowest BCUT2D eigenvalue weighted by Gasteiger charge is -2.41. The maximum Gasteiger partial charge on any atom is 0.251 e. The zero-order valence-electron chi connectivity index (χ0n) is 19.6. The van der Waals surface area contributed by atoms with Gasteiger partial charge < -0.3 is 19.9 Å². The van der Waals surface area contributed by atoms with E-state index in [2.05, 4.69) is 5.32 Å². The molecule has 9 heteroatoms. The number of carbonyl (C=O) groups is 2. The highest BCUT2D eigenvalue weighted by atomic mass is 32.2. The molecule has 5 aliphatic rings. The first-order valence-electron chi connectivity index (χ1n) is 13.1. The third kappa shape index (κ3) is 5.40. The Kier molecular flexibility index (Phi) is 7.00. The second kappa shape index (κ2) is 9.82. The first-order chi connectivity index (χ1) is 15.9. The van der Waals surface area contributed by atoms with Crippen molar-refractivity contribution in [3.63, 3.8) is 0 Å². The number of piperazine rings is 1. The molecule has 2 saturated carbocycles. The molecule has 8 nitrogen and oxygen atoms in total. The molecule has 3 atom stereocenters. The Bertz CT molecular complexity index is 825. The summed E-state index contributed by atoms with van der Waals surface area (Å²) in [5, 5.41) is 3.60. The molecule has 5 rings (SSSR count). The minimum absolute atomic E-state index is 0.0762. The standard InChI is InChI=1S/C24H39N3O5S/c28-23(26-11-13-27(14-12-26)24(29)22-10-15-32-22)18-6-4-17(5-7-18)21-3-1-2-19(25-21)16-33(30,31)20-8-9-20/h17-22,25H,1-16H2. The number of sulfone groups is 1. The number of nitrogens with zero attached hydrogens (tertiary/aromatic N) is 2. The quantitative estimate of drug-likeness (QED) is 0.615. The van der Waals surface area contributed by atoms with Crippen LogP contribution < -0.4 is 5.32 Å². The largest absolute Gasteiger partial charge is 0.368 e. The van der Waals surface area contributed by atoms with Crippen molar-refractivity contribution in [2.75, 3.05) is 38.5 Å². The van der Waals surface area contributed by atoms with Crippen molar-refractivity contribution in [2.45, 2.75) is 87.6 Å². The fourth-order valence-electron chi connectivity index (χ4n) is 6.21. The van der Waals surface area contributed by atoms with E-state index >= 15 is 0 Å². The summed E-state index contributed by atoms with van der Waals surface area (Å²) < 4.78 is 30.1. The van der Waals surface area contributed by atoms with Gasteiger partial charge in [0.05, 0.1) is 17.6 Å². The van der Waals surface area contributed by atoms with Gasteiger partial charge in [0.1, 0.15) is 6.10 Å². The van der Waals surface area contributed by atoms with Crippen molar-refractivity contribution in [1.82, 2.24) is 15.1 Å². The van der Waals surface area contributed by atoms with E-state index in [1.165, 1.54) is 0 Å². The van der Waals surface area contributed by atoms with E-state index in [9.17, 15) is 18.0 Å². The molecule has 0 spiro atoms. The molecule has 0 radical (unpaired) electrons. The van der Waals surface area contributed by atoms with Gasteiger partial charge in [0, 0.05) is 50.6 Å². The van der Waals surface area contributed by atoms with Crippen LogP contribution in [0.1, 0.15) is 64.2 Å². The molecule has 3 heterocycles. The molecule has 0 aromatic carbocycles. The smallest absolute Gasteiger partial charge is 0.251 e. The number of piperidine rings is 1. The maximum absolute atomic E-state index is 13.1. The van der Waals surface area contributed by atoms with Crippen LogP contribution in [0.4, 0.5) is 0 Å². The van der Waals surface area contributed by atoms with Crippen molar-refractivity contribution in [2.24, 2.45) is 11.8 Å². The van der Waals surface area contributed by atoms with Crippen LogP contribution in [-0.2, 0) is 24.2 Å². The molecule has 3 saturated heterocycles. The van der Waals surface area contributed by atoms with Gasteiger partial charge in [-0.05, 0) is 57.3 Å². The van der Waals surface area contributed by atoms with Crippen LogP contribution >= 0.6 is 0 Å². The molecule has 2 aliphatic carbocycles. The SMILES string of the molecule is O=C(C1CCC(C2CCCC(CS(=O)(=O)C3CC3)N2)CC1)N1CCN(C(=O)C2CCO2)CC1. The molecule has 5 fully saturated rings. The van der Waals surface area contributed by atoms with Crippen LogP contribution in [0.3, 0.4) is 0 Å². The lowest BCUT2D eigenvalue weighted by Crippen LogP contribution is -2.56. The van der Waals surface area contributed by atoms with Crippen molar-refractivity contribution < 1.29 is 22.7 Å². The minimum Gasteiger partial charge on any atom is -0.368 e. The molecule has 3 aliphatic heterocycles. The van der Waals surface area contributed by atoms with Gasteiger partial charge in [0.25, 0.3) is 5.91 Å². The third-order valence-corrected chi connectivity index (χ3v) is 10.9. The summed E-state index contributed by atoms with van der Waals surface area (Å²) in [6.07, 6.45) is 9.31. The summed E-state index contributed by atoms with van der Waals surface area (Å²) in [5.74, 6) is 1.26. The van der Waals surface area contributed by atoms with E-state index in [0.29, 0.717) is 50.5 Å². The van der Waals surface area contributed by atoms with E-state index in [-0.39, 0.29) is 35.1 Å². The van der Waals surface area contributed by atoms with Crippen molar-refractivity contribution in [3.8, 4) is 0 Å². The van der Waals surface area contributed by atoms with Gasteiger partial charge >= 0.3 is 0 Å². The Hall–Kier alpha value is -1.19. The van der Waals surface area contributed by atoms with Crippen molar-refractivity contribution >= 4 is 21.7 Å². The van der Waals surface area contributed by atoms with Crippen LogP contribution in [0.5, 0.6) is 0 Å². The molecule has 33 heavy (non-hydrogen) atoms. The Morgan fingerprint density at radius 3 is 2.03 bits per heavy atom. The molecule has 1 N–H and O–H groups in total. The Balaban J connectivity index is 1.05. The maximum atomic E-state index is 13.1. The summed E-state index contributed by atoms with van der Waals surface area (Å²) in [6.45, 7) is 3.14. The number of ether oxygens (including phenoxy) is 1. The Morgan fingerprint density at radius 2 is 1.45 bits per heavy atom. The van der Waals surface area contributed by atoms with E-state index < -0.39 is 9.84 Å². The van der Waals surface area contributed by atoms with E-state index in [4.69, 9.17) is 4.74 Å². The van der Waals surface area contributed by atoms with Gasteiger partial charge in [-0.15, -0.1) is 0 Å². The number of amides is 2. The lowest BCUT2D eigenvalue weighted by atomic mass is 9.75. The Morgan fingerprint density at radius 1 is 0.818 bits per heavy atom. The van der Waals surface area contributed by atoms with Crippen LogP contribution in [0.25, 0.3) is 0 Å². The fraction of sp³-hybridized carbons (Fsp3) is 0.917. The van der Waals surface area contributed by atoms with Crippen LogP contribution in [0, 0.1) is 11.8 Å². The highest BCUT2D eigenvalue weighted by Crippen LogP contribution is 2.36. The number of rotatable bonds is 6. The fourth-order valence-corrected chi connectivity index (χ4v) is 8.16. The molecule has 186 valence electrons. The molecule has 0 aromatic heterocycles. The average molecular weight is 482 g/mol. The highest BCUT2D eigenvalue weighted by molar-refractivity contribution is 7.92. The second-order valence-corrected chi connectivity index (χ2v) is 13.2. The lowest BCUT2D eigenvalue weighted by molar-refractivity contribution is -0.159.